The molecule has 2 aromatic rings. The first-order valence-corrected chi connectivity index (χ1v) is 13.2. The predicted octanol–water partition coefficient (Wildman–Crippen LogP) is 2.91. The Morgan fingerprint density at radius 2 is 1.87 bits per heavy atom. The molecular formula is C19H30N4O5S2. The second kappa shape index (κ2) is 8.12. The minimum atomic E-state index is -3.72. The third-order valence-electron chi connectivity index (χ3n) is 5.33. The van der Waals surface area contributed by atoms with E-state index < -0.39 is 20.6 Å². The standard InChI is InChI=1S/C19H30N4O5S2/c1-12(2)23(13(3)4)30(27,28)16-6-7-17(20-10-16)22-19(24)18(14(5)21-22)15-8-9-29(25,26)11-15/h6-7,10,12-13,15,21,25-26H,8-9,11H2,1-5H3. The zero-order chi connectivity index (χ0) is 22.4. The SMILES string of the molecule is Cc1[nH]n(-c2ccc(S(=O)(=O)N(C(C)C)C(C)C)cn2)c(=O)c1C1CCS(O)(O)C1. The highest BCUT2D eigenvalue weighted by atomic mass is 32.3. The van der Waals surface area contributed by atoms with E-state index in [0.29, 0.717) is 23.4 Å². The lowest BCUT2D eigenvalue weighted by Crippen LogP contribution is -2.41. The summed E-state index contributed by atoms with van der Waals surface area (Å²) in [6.45, 7) is 9.04. The van der Waals surface area contributed by atoms with Crippen LogP contribution in [0.1, 0.15) is 51.3 Å². The maximum Gasteiger partial charge on any atom is 0.276 e. The molecule has 2 aromatic heterocycles. The van der Waals surface area contributed by atoms with Crippen molar-refractivity contribution in [3.8, 4) is 5.82 Å². The zero-order valence-electron chi connectivity index (χ0n) is 17.9. The lowest BCUT2D eigenvalue weighted by atomic mass is 9.99. The molecule has 0 aliphatic carbocycles. The van der Waals surface area contributed by atoms with Crippen LogP contribution in [0, 0.1) is 6.92 Å². The number of pyridine rings is 1. The summed E-state index contributed by atoms with van der Waals surface area (Å²) in [6.07, 6.45) is 1.80. The van der Waals surface area contributed by atoms with Crippen molar-refractivity contribution < 1.29 is 17.5 Å². The average molecular weight is 459 g/mol. The van der Waals surface area contributed by atoms with Gasteiger partial charge in [0.15, 0.2) is 5.82 Å². The molecule has 0 aromatic carbocycles. The van der Waals surface area contributed by atoms with E-state index in [9.17, 15) is 22.3 Å². The maximum absolute atomic E-state index is 13.0. The number of aromatic nitrogens is 3. The van der Waals surface area contributed by atoms with Crippen LogP contribution < -0.4 is 5.56 Å². The number of hydrogen-bond acceptors (Lipinski definition) is 6. The van der Waals surface area contributed by atoms with E-state index in [1.807, 2.05) is 27.7 Å². The normalized spacial score (nSPS) is 20.4. The average Bonchev–Trinajstić information content (AvgIpc) is 3.12. The Balaban J connectivity index is 1.95. The van der Waals surface area contributed by atoms with Crippen molar-refractivity contribution in [2.45, 2.75) is 63.9 Å². The van der Waals surface area contributed by atoms with E-state index in [4.69, 9.17) is 0 Å². The Kier molecular flexibility index (Phi) is 6.23. The molecule has 11 heteroatoms. The highest BCUT2D eigenvalue weighted by Gasteiger charge is 2.34. The summed E-state index contributed by atoms with van der Waals surface area (Å²) in [6, 6.07) is 2.54. The van der Waals surface area contributed by atoms with Gasteiger partial charge in [-0.15, -0.1) is 0 Å². The van der Waals surface area contributed by atoms with Gasteiger partial charge >= 0.3 is 0 Å². The van der Waals surface area contributed by atoms with Gasteiger partial charge in [-0.2, -0.15) is 14.9 Å². The van der Waals surface area contributed by atoms with Gasteiger partial charge < -0.3 is 0 Å². The Morgan fingerprint density at radius 3 is 2.33 bits per heavy atom. The largest absolute Gasteiger partial charge is 0.299 e. The molecule has 3 heterocycles. The van der Waals surface area contributed by atoms with Gasteiger partial charge in [-0.25, -0.2) is 18.1 Å². The Bertz CT molecular complexity index is 1060. The molecule has 9 nitrogen and oxygen atoms in total. The van der Waals surface area contributed by atoms with E-state index in [2.05, 4.69) is 10.1 Å². The highest BCUT2D eigenvalue weighted by molar-refractivity contribution is 8.24. The van der Waals surface area contributed by atoms with E-state index in [1.54, 1.807) is 6.92 Å². The van der Waals surface area contributed by atoms with Gasteiger partial charge in [0, 0.05) is 47.0 Å². The van der Waals surface area contributed by atoms with Crippen molar-refractivity contribution in [1.29, 1.82) is 0 Å². The van der Waals surface area contributed by atoms with E-state index in [-0.39, 0.29) is 40.0 Å². The summed E-state index contributed by atoms with van der Waals surface area (Å²) < 4.78 is 48.5. The number of hydrogen-bond donors (Lipinski definition) is 3. The quantitative estimate of drug-likeness (QED) is 0.610. The van der Waals surface area contributed by atoms with Gasteiger partial charge in [0.1, 0.15) is 4.90 Å². The van der Waals surface area contributed by atoms with E-state index in [1.165, 1.54) is 27.3 Å². The van der Waals surface area contributed by atoms with Crippen LogP contribution in [0.2, 0.25) is 0 Å². The third-order valence-corrected chi connectivity index (χ3v) is 9.39. The van der Waals surface area contributed by atoms with Crippen LogP contribution in [0.25, 0.3) is 5.82 Å². The Hall–Kier alpha value is -1.66. The van der Waals surface area contributed by atoms with Crippen molar-refractivity contribution in [2.24, 2.45) is 0 Å². The van der Waals surface area contributed by atoms with Crippen molar-refractivity contribution in [1.82, 2.24) is 19.1 Å². The number of nitrogens with one attached hydrogen (secondary N) is 1. The number of aryl methyl sites for hydroxylation is 1. The molecule has 0 bridgehead atoms. The van der Waals surface area contributed by atoms with Crippen molar-refractivity contribution in [3.63, 3.8) is 0 Å². The summed E-state index contributed by atoms with van der Waals surface area (Å²) in [7, 11) is -6.34. The fourth-order valence-electron chi connectivity index (χ4n) is 4.18. The van der Waals surface area contributed by atoms with Crippen molar-refractivity contribution >= 4 is 20.6 Å². The number of aromatic amines is 1. The van der Waals surface area contributed by atoms with Crippen LogP contribution in [0.4, 0.5) is 0 Å². The molecule has 1 unspecified atom stereocenters. The molecule has 1 saturated heterocycles. The van der Waals surface area contributed by atoms with Crippen LogP contribution >= 0.6 is 10.6 Å². The predicted molar refractivity (Wildman–Crippen MR) is 118 cm³/mol. The van der Waals surface area contributed by atoms with Crippen molar-refractivity contribution in [3.05, 3.63) is 39.9 Å². The molecule has 168 valence electrons. The van der Waals surface area contributed by atoms with Gasteiger partial charge in [0.25, 0.3) is 5.56 Å². The monoisotopic (exact) mass is 458 g/mol. The van der Waals surface area contributed by atoms with Gasteiger partial charge in [0.2, 0.25) is 10.0 Å². The fraction of sp³-hybridized carbons (Fsp3) is 0.579. The molecule has 3 rings (SSSR count). The number of sulfonamides is 1. The number of nitrogens with zero attached hydrogens (tertiary/aromatic N) is 3. The number of H-pyrrole nitrogens is 1. The molecule has 1 aliphatic rings. The first-order chi connectivity index (χ1) is 13.8. The molecule has 30 heavy (non-hydrogen) atoms. The molecule has 1 atom stereocenters. The summed E-state index contributed by atoms with van der Waals surface area (Å²) >= 11 is 0. The third kappa shape index (κ3) is 4.22. The second-order valence-corrected chi connectivity index (χ2v) is 12.5. The second-order valence-electron chi connectivity index (χ2n) is 8.32. The van der Waals surface area contributed by atoms with Gasteiger partial charge in [-0.05, 0) is 53.2 Å². The summed E-state index contributed by atoms with van der Waals surface area (Å²) in [4.78, 5) is 17.3. The fourth-order valence-corrected chi connectivity index (χ4v) is 7.77. The highest BCUT2D eigenvalue weighted by Crippen LogP contribution is 2.51. The van der Waals surface area contributed by atoms with Gasteiger partial charge in [0.05, 0.1) is 0 Å². The van der Waals surface area contributed by atoms with E-state index >= 15 is 0 Å². The van der Waals surface area contributed by atoms with Crippen LogP contribution in [-0.4, -0.2) is 60.2 Å². The summed E-state index contributed by atoms with van der Waals surface area (Å²) in [5.74, 6) is 0.546. The minimum Gasteiger partial charge on any atom is -0.299 e. The lowest BCUT2D eigenvalue weighted by Gasteiger charge is -2.29. The van der Waals surface area contributed by atoms with E-state index in [0.717, 1.165) is 0 Å². The maximum atomic E-state index is 13.0. The minimum absolute atomic E-state index is 0.0648. The van der Waals surface area contributed by atoms with Gasteiger partial charge in [-0.1, -0.05) is 0 Å². The van der Waals surface area contributed by atoms with Crippen LogP contribution in [0.5, 0.6) is 0 Å². The van der Waals surface area contributed by atoms with Crippen LogP contribution in [0.3, 0.4) is 0 Å². The molecule has 0 radical (unpaired) electrons. The van der Waals surface area contributed by atoms with Crippen LogP contribution in [-0.2, 0) is 10.0 Å². The lowest BCUT2D eigenvalue weighted by molar-refractivity contribution is 0.302. The zero-order valence-corrected chi connectivity index (χ0v) is 19.5. The molecule has 0 spiro atoms. The first-order valence-electron chi connectivity index (χ1n) is 9.90. The summed E-state index contributed by atoms with van der Waals surface area (Å²) in [5.41, 5.74) is 0.867. The summed E-state index contributed by atoms with van der Waals surface area (Å²) in [5, 5.41) is 2.98. The molecule has 1 fully saturated rings. The topological polar surface area (TPSA) is 129 Å². The Labute approximate surface area is 178 Å². The molecule has 1 aliphatic heterocycles. The number of rotatable bonds is 6. The Morgan fingerprint density at radius 1 is 1.23 bits per heavy atom. The molecule has 0 amide bonds. The molecule has 0 saturated carbocycles. The molecular weight excluding hydrogens is 428 g/mol. The van der Waals surface area contributed by atoms with Crippen LogP contribution in [0.15, 0.2) is 28.0 Å². The van der Waals surface area contributed by atoms with Crippen molar-refractivity contribution in [2.75, 3.05) is 11.5 Å². The van der Waals surface area contributed by atoms with Gasteiger partial charge in [-0.3, -0.25) is 19.0 Å². The first kappa shape index (κ1) is 23.0. The smallest absolute Gasteiger partial charge is 0.276 e. The molecule has 3 N–H and O–H groups in total.